The maximum Gasteiger partial charge on any atom is 0.254 e. The van der Waals surface area contributed by atoms with Gasteiger partial charge in [0.1, 0.15) is 5.82 Å². The summed E-state index contributed by atoms with van der Waals surface area (Å²) < 4.78 is 25.8. The summed E-state index contributed by atoms with van der Waals surface area (Å²) >= 11 is 0. The van der Waals surface area contributed by atoms with Crippen molar-refractivity contribution in [2.45, 2.75) is 65.0 Å². The zero-order valence-corrected chi connectivity index (χ0v) is 16.8. The maximum absolute atomic E-state index is 12.6. The van der Waals surface area contributed by atoms with E-state index in [0.717, 1.165) is 25.7 Å². The van der Waals surface area contributed by atoms with Gasteiger partial charge in [-0.3, -0.25) is 9.59 Å². The number of sulfonamides is 1. The highest BCUT2D eigenvalue weighted by Gasteiger charge is 2.32. The minimum atomic E-state index is -3.33. The van der Waals surface area contributed by atoms with E-state index < -0.39 is 10.0 Å². The maximum atomic E-state index is 12.6. The van der Waals surface area contributed by atoms with Crippen LogP contribution in [0.3, 0.4) is 0 Å². The third kappa shape index (κ3) is 4.08. The Hall–Kier alpha value is -1.74. The molecule has 1 aromatic rings. The van der Waals surface area contributed by atoms with Crippen LogP contribution in [-0.2, 0) is 27.8 Å². The van der Waals surface area contributed by atoms with Crippen LogP contribution in [0.1, 0.15) is 69.1 Å². The van der Waals surface area contributed by atoms with Gasteiger partial charge >= 0.3 is 0 Å². The van der Waals surface area contributed by atoms with Crippen LogP contribution in [0.5, 0.6) is 0 Å². The molecule has 2 aliphatic rings. The van der Waals surface area contributed by atoms with Crippen LogP contribution in [0, 0.1) is 0 Å². The van der Waals surface area contributed by atoms with Crippen molar-refractivity contribution in [3.05, 3.63) is 27.4 Å². The Balaban J connectivity index is 1.94. The molecule has 1 aromatic heterocycles. The summed E-state index contributed by atoms with van der Waals surface area (Å²) in [5, 5.41) is 0. The number of nitrogens with zero attached hydrogens (tertiary/aromatic N) is 3. The van der Waals surface area contributed by atoms with E-state index in [9.17, 15) is 18.0 Å². The first-order chi connectivity index (χ1) is 12.9. The largest absolute Gasteiger partial charge is 0.333 e. The first-order valence-electron chi connectivity index (χ1n) is 9.76. The number of aromatic amines is 1. The van der Waals surface area contributed by atoms with Crippen molar-refractivity contribution in [2.75, 3.05) is 18.8 Å². The highest BCUT2D eigenvalue weighted by molar-refractivity contribution is 7.89. The van der Waals surface area contributed by atoms with Gasteiger partial charge in [-0.05, 0) is 39.0 Å². The topological polar surface area (TPSA) is 103 Å². The van der Waals surface area contributed by atoms with Gasteiger partial charge in [0.25, 0.3) is 5.56 Å². The van der Waals surface area contributed by atoms with Crippen LogP contribution in [0.4, 0.5) is 0 Å². The van der Waals surface area contributed by atoms with Crippen LogP contribution in [0.25, 0.3) is 0 Å². The molecule has 0 spiro atoms. The molecule has 27 heavy (non-hydrogen) atoms. The SMILES string of the molecule is CCCC(=O)N1CCCC[C@H]1c1nc2c(c(=O)[nH]1)CCN(S(=O)(=O)CC)C2. The quantitative estimate of drug-likeness (QED) is 0.809. The molecule has 0 radical (unpaired) electrons. The van der Waals surface area contributed by atoms with E-state index in [4.69, 9.17) is 0 Å². The van der Waals surface area contributed by atoms with Gasteiger partial charge in [0.2, 0.25) is 15.9 Å². The van der Waals surface area contributed by atoms with Gasteiger partial charge < -0.3 is 9.88 Å². The second kappa shape index (κ2) is 8.10. The van der Waals surface area contributed by atoms with Gasteiger partial charge in [0.15, 0.2) is 0 Å². The second-order valence-corrected chi connectivity index (χ2v) is 9.47. The first kappa shape index (κ1) is 20.0. The Morgan fingerprint density at radius 2 is 2.04 bits per heavy atom. The van der Waals surface area contributed by atoms with E-state index in [2.05, 4.69) is 9.97 Å². The van der Waals surface area contributed by atoms with Gasteiger partial charge in [-0.15, -0.1) is 0 Å². The Morgan fingerprint density at radius 1 is 1.26 bits per heavy atom. The molecule has 0 saturated carbocycles. The predicted octanol–water partition coefficient (Wildman–Crippen LogP) is 1.33. The van der Waals surface area contributed by atoms with Gasteiger partial charge in [-0.1, -0.05) is 6.92 Å². The highest BCUT2D eigenvalue weighted by atomic mass is 32.2. The Morgan fingerprint density at radius 3 is 2.74 bits per heavy atom. The Kier molecular flexibility index (Phi) is 6.00. The number of piperidine rings is 1. The van der Waals surface area contributed by atoms with Crippen LogP contribution >= 0.6 is 0 Å². The van der Waals surface area contributed by atoms with Gasteiger partial charge in [-0.2, -0.15) is 4.31 Å². The lowest BCUT2D eigenvalue weighted by Crippen LogP contribution is -2.42. The molecule has 8 nitrogen and oxygen atoms in total. The number of nitrogens with one attached hydrogen (secondary N) is 1. The fourth-order valence-corrected chi connectivity index (χ4v) is 4.94. The van der Waals surface area contributed by atoms with E-state index in [1.54, 1.807) is 6.92 Å². The molecule has 2 aliphatic heterocycles. The normalized spacial score (nSPS) is 21.1. The summed E-state index contributed by atoms with van der Waals surface area (Å²) in [4.78, 5) is 34.4. The highest BCUT2D eigenvalue weighted by Crippen LogP contribution is 2.30. The number of hydrogen-bond donors (Lipinski definition) is 1. The zero-order valence-electron chi connectivity index (χ0n) is 16.0. The molecular weight excluding hydrogens is 368 g/mol. The Labute approximate surface area is 160 Å². The molecule has 3 heterocycles. The summed E-state index contributed by atoms with van der Waals surface area (Å²) in [6.45, 7) is 4.68. The number of rotatable bonds is 5. The number of fused-ring (bicyclic) bond motifs is 1. The molecule has 150 valence electrons. The van der Waals surface area contributed by atoms with Crippen molar-refractivity contribution in [1.29, 1.82) is 0 Å². The molecule has 9 heteroatoms. The molecule has 0 bridgehead atoms. The molecule has 1 amide bonds. The lowest BCUT2D eigenvalue weighted by atomic mass is 10.00. The average Bonchev–Trinajstić information content (AvgIpc) is 2.67. The minimum Gasteiger partial charge on any atom is -0.333 e. The Bertz CT molecular complexity index is 865. The van der Waals surface area contributed by atoms with Crippen molar-refractivity contribution < 1.29 is 13.2 Å². The van der Waals surface area contributed by atoms with E-state index >= 15 is 0 Å². The third-order valence-electron chi connectivity index (χ3n) is 5.42. The van der Waals surface area contributed by atoms with Gasteiger partial charge in [-0.25, -0.2) is 13.4 Å². The van der Waals surface area contributed by atoms with E-state index in [1.807, 2.05) is 11.8 Å². The van der Waals surface area contributed by atoms with Crippen LogP contribution in [0.15, 0.2) is 4.79 Å². The van der Waals surface area contributed by atoms with Crippen molar-refractivity contribution in [1.82, 2.24) is 19.2 Å². The third-order valence-corrected chi connectivity index (χ3v) is 7.25. The fourth-order valence-electron chi connectivity index (χ4n) is 3.88. The molecular formula is C18H28N4O4S. The summed E-state index contributed by atoms with van der Waals surface area (Å²) in [6, 6.07) is -0.242. The van der Waals surface area contributed by atoms with E-state index in [0.29, 0.717) is 43.0 Å². The summed E-state index contributed by atoms with van der Waals surface area (Å²) in [5.41, 5.74) is 0.867. The molecule has 1 fully saturated rings. The first-order valence-corrected chi connectivity index (χ1v) is 11.4. The molecule has 1 atom stereocenters. The molecule has 1 saturated heterocycles. The average molecular weight is 397 g/mol. The molecule has 3 rings (SSSR count). The van der Waals surface area contributed by atoms with Crippen molar-refractivity contribution in [3.63, 3.8) is 0 Å². The van der Waals surface area contributed by atoms with Crippen LogP contribution in [0.2, 0.25) is 0 Å². The molecule has 0 unspecified atom stereocenters. The minimum absolute atomic E-state index is 0.0281. The standard InChI is InChI=1S/C18H28N4O4S/c1-3-7-16(23)22-10-6-5-8-15(22)17-19-14-12-21(27(25,26)4-2)11-9-13(14)18(24)20-17/h15H,3-12H2,1-2H3,(H,19,20,24)/t15-/m0/s1. The summed E-state index contributed by atoms with van der Waals surface area (Å²) in [6.07, 6.45) is 4.30. The molecule has 0 aromatic carbocycles. The van der Waals surface area contributed by atoms with E-state index in [1.165, 1.54) is 4.31 Å². The predicted molar refractivity (Wildman–Crippen MR) is 102 cm³/mol. The van der Waals surface area contributed by atoms with Gasteiger partial charge in [0.05, 0.1) is 24.0 Å². The number of carbonyl (C=O) groups excluding carboxylic acids is 1. The zero-order chi connectivity index (χ0) is 19.6. The summed E-state index contributed by atoms with van der Waals surface area (Å²) in [5.74, 6) is 0.594. The number of aromatic nitrogens is 2. The van der Waals surface area contributed by atoms with Crippen molar-refractivity contribution >= 4 is 15.9 Å². The van der Waals surface area contributed by atoms with Crippen LogP contribution < -0.4 is 5.56 Å². The number of H-pyrrole nitrogens is 1. The van der Waals surface area contributed by atoms with Crippen molar-refractivity contribution in [2.24, 2.45) is 0 Å². The lowest BCUT2D eigenvalue weighted by Gasteiger charge is -2.35. The lowest BCUT2D eigenvalue weighted by molar-refractivity contribution is -0.135. The second-order valence-electron chi connectivity index (χ2n) is 7.21. The van der Waals surface area contributed by atoms with Crippen molar-refractivity contribution in [3.8, 4) is 0 Å². The number of likely N-dealkylation sites (tertiary alicyclic amines) is 1. The number of amides is 1. The number of hydrogen-bond acceptors (Lipinski definition) is 5. The van der Waals surface area contributed by atoms with E-state index in [-0.39, 0.29) is 29.8 Å². The van der Waals surface area contributed by atoms with Gasteiger partial charge in [0, 0.05) is 25.1 Å². The molecule has 0 aliphatic carbocycles. The smallest absolute Gasteiger partial charge is 0.254 e. The number of carbonyl (C=O) groups is 1. The van der Waals surface area contributed by atoms with Crippen LogP contribution in [-0.4, -0.2) is 52.3 Å². The molecule has 1 N–H and O–H groups in total. The monoisotopic (exact) mass is 396 g/mol. The fraction of sp³-hybridized carbons (Fsp3) is 0.722. The summed E-state index contributed by atoms with van der Waals surface area (Å²) in [7, 11) is -3.33.